The van der Waals surface area contributed by atoms with Crippen LogP contribution < -0.4 is 0 Å². The van der Waals surface area contributed by atoms with E-state index < -0.39 is 0 Å². The van der Waals surface area contributed by atoms with Crippen molar-refractivity contribution in [3.63, 3.8) is 0 Å². The zero-order valence-corrected chi connectivity index (χ0v) is 11.7. The predicted molar refractivity (Wildman–Crippen MR) is 73.7 cm³/mol. The van der Waals surface area contributed by atoms with Gasteiger partial charge in [-0.15, -0.1) is 34.7 Å². The largest absolute Gasteiger partial charge is 0.245 e. The lowest BCUT2D eigenvalue weighted by molar-refractivity contribution is 0.884. The average Bonchev–Trinajstić information content (AvgIpc) is 2.76. The average molecular weight is 280 g/mol. The van der Waals surface area contributed by atoms with Crippen LogP contribution in [0, 0.1) is 0 Å². The highest BCUT2D eigenvalue weighted by Crippen LogP contribution is 2.38. The molecule has 1 aliphatic heterocycles. The van der Waals surface area contributed by atoms with Crippen molar-refractivity contribution < 1.29 is 0 Å². The van der Waals surface area contributed by atoms with Crippen molar-refractivity contribution in [1.82, 2.24) is 4.98 Å². The SMILES string of the molecule is ClCCCc1csc(C2CSCCS2)n1. The molecule has 0 N–H and O–H groups in total. The number of hydrogen-bond acceptors (Lipinski definition) is 4. The summed E-state index contributed by atoms with van der Waals surface area (Å²) in [5.41, 5.74) is 1.23. The predicted octanol–water partition coefficient (Wildman–Crippen LogP) is 3.84. The first-order chi connectivity index (χ1) is 7.40. The molecule has 2 rings (SSSR count). The van der Waals surface area contributed by atoms with Gasteiger partial charge in [-0.2, -0.15) is 11.8 Å². The maximum Gasteiger partial charge on any atom is 0.107 e. The van der Waals surface area contributed by atoms with E-state index in [2.05, 4.69) is 17.1 Å². The first-order valence-corrected chi connectivity index (χ1v) is 8.71. The number of aryl methyl sites for hydroxylation is 1. The van der Waals surface area contributed by atoms with Gasteiger partial charge in [0.25, 0.3) is 0 Å². The zero-order chi connectivity index (χ0) is 10.5. The van der Waals surface area contributed by atoms with Crippen molar-refractivity contribution in [2.24, 2.45) is 0 Å². The molecule has 84 valence electrons. The fourth-order valence-corrected chi connectivity index (χ4v) is 5.45. The summed E-state index contributed by atoms with van der Waals surface area (Å²) in [5.74, 6) is 4.53. The third-order valence-electron chi connectivity index (χ3n) is 2.23. The Morgan fingerprint density at radius 2 is 2.40 bits per heavy atom. The van der Waals surface area contributed by atoms with Crippen molar-refractivity contribution in [3.8, 4) is 0 Å². The van der Waals surface area contributed by atoms with Crippen LogP contribution in [-0.4, -0.2) is 28.1 Å². The monoisotopic (exact) mass is 279 g/mol. The zero-order valence-electron chi connectivity index (χ0n) is 8.45. The van der Waals surface area contributed by atoms with Gasteiger partial charge in [-0.05, 0) is 12.8 Å². The van der Waals surface area contributed by atoms with Gasteiger partial charge < -0.3 is 0 Å². The number of aromatic nitrogens is 1. The quantitative estimate of drug-likeness (QED) is 0.778. The molecule has 1 saturated heterocycles. The summed E-state index contributed by atoms with van der Waals surface area (Å²) in [7, 11) is 0. The van der Waals surface area contributed by atoms with Gasteiger partial charge in [0.1, 0.15) is 5.01 Å². The number of thiazole rings is 1. The Labute approximate surface area is 108 Å². The minimum absolute atomic E-state index is 0.638. The minimum atomic E-state index is 0.638. The Balaban J connectivity index is 1.93. The molecule has 0 bridgehead atoms. The normalized spacial score (nSPS) is 21.8. The molecule has 0 amide bonds. The van der Waals surface area contributed by atoms with Crippen LogP contribution in [0.2, 0.25) is 0 Å². The highest BCUT2D eigenvalue weighted by Gasteiger charge is 2.19. The Kier molecular flexibility index (Phi) is 5.14. The lowest BCUT2D eigenvalue weighted by atomic mass is 10.3. The molecule has 5 heteroatoms. The highest BCUT2D eigenvalue weighted by atomic mass is 35.5. The van der Waals surface area contributed by atoms with Crippen molar-refractivity contribution in [3.05, 3.63) is 16.1 Å². The standard InChI is InChI=1S/C10H14ClNS3/c11-3-1-2-8-6-15-10(12-8)9-7-13-4-5-14-9/h6,9H,1-5,7H2. The van der Waals surface area contributed by atoms with E-state index in [0.717, 1.165) is 18.7 Å². The summed E-state index contributed by atoms with van der Waals surface area (Å²) in [4.78, 5) is 4.70. The van der Waals surface area contributed by atoms with Crippen LogP contribution in [0.5, 0.6) is 0 Å². The minimum Gasteiger partial charge on any atom is -0.245 e. The molecular formula is C10H14ClNS3. The van der Waals surface area contributed by atoms with Crippen LogP contribution in [0.4, 0.5) is 0 Å². The smallest absolute Gasteiger partial charge is 0.107 e. The number of hydrogen-bond donors (Lipinski definition) is 0. The molecule has 1 aromatic rings. The molecule has 1 atom stereocenters. The van der Waals surface area contributed by atoms with Gasteiger partial charge in [-0.3, -0.25) is 0 Å². The molecule has 15 heavy (non-hydrogen) atoms. The van der Waals surface area contributed by atoms with Crippen LogP contribution >= 0.6 is 46.5 Å². The van der Waals surface area contributed by atoms with E-state index in [0.29, 0.717) is 5.25 Å². The van der Waals surface area contributed by atoms with Gasteiger partial charge in [-0.25, -0.2) is 4.98 Å². The second kappa shape index (κ2) is 6.38. The maximum absolute atomic E-state index is 5.68. The van der Waals surface area contributed by atoms with Crippen molar-refractivity contribution >= 4 is 46.5 Å². The van der Waals surface area contributed by atoms with Crippen molar-refractivity contribution in [2.45, 2.75) is 18.1 Å². The molecule has 0 radical (unpaired) electrons. The molecule has 1 unspecified atom stereocenters. The maximum atomic E-state index is 5.68. The van der Waals surface area contributed by atoms with Gasteiger partial charge in [0.2, 0.25) is 0 Å². The Hall–Kier alpha value is 0.620. The van der Waals surface area contributed by atoms with Gasteiger partial charge in [-0.1, -0.05) is 0 Å². The summed E-state index contributed by atoms with van der Waals surface area (Å²) in [5, 5.41) is 4.15. The first kappa shape index (κ1) is 12.1. The summed E-state index contributed by atoms with van der Waals surface area (Å²) >= 11 is 11.6. The Bertz CT molecular complexity index is 297. The van der Waals surface area contributed by atoms with E-state index in [1.165, 1.54) is 28.0 Å². The third kappa shape index (κ3) is 3.55. The van der Waals surface area contributed by atoms with E-state index in [-0.39, 0.29) is 0 Å². The van der Waals surface area contributed by atoms with Gasteiger partial charge in [0.15, 0.2) is 0 Å². The lowest BCUT2D eigenvalue weighted by Gasteiger charge is -2.18. The van der Waals surface area contributed by atoms with E-state index >= 15 is 0 Å². The van der Waals surface area contributed by atoms with Gasteiger partial charge >= 0.3 is 0 Å². The highest BCUT2D eigenvalue weighted by molar-refractivity contribution is 8.06. The second-order valence-electron chi connectivity index (χ2n) is 3.40. The molecule has 1 nitrogen and oxygen atoms in total. The fraction of sp³-hybridized carbons (Fsp3) is 0.700. The summed E-state index contributed by atoms with van der Waals surface area (Å²) in [6.07, 6.45) is 2.07. The van der Waals surface area contributed by atoms with Gasteiger partial charge in [0, 0.05) is 28.5 Å². The molecule has 0 saturated carbocycles. The molecule has 1 fully saturated rings. The van der Waals surface area contributed by atoms with Crippen LogP contribution in [0.15, 0.2) is 5.38 Å². The van der Waals surface area contributed by atoms with Crippen molar-refractivity contribution in [1.29, 1.82) is 0 Å². The summed E-state index contributed by atoms with van der Waals surface area (Å²) in [6, 6.07) is 0. The number of halogens is 1. The Morgan fingerprint density at radius 3 is 3.13 bits per heavy atom. The van der Waals surface area contributed by atoms with Gasteiger partial charge in [0.05, 0.1) is 10.9 Å². The fourth-order valence-electron chi connectivity index (χ4n) is 1.46. The van der Waals surface area contributed by atoms with E-state index in [4.69, 9.17) is 16.6 Å². The number of rotatable bonds is 4. The third-order valence-corrected chi connectivity index (χ3v) is 6.41. The van der Waals surface area contributed by atoms with Crippen molar-refractivity contribution in [2.75, 3.05) is 23.1 Å². The van der Waals surface area contributed by atoms with Crippen LogP contribution in [0.3, 0.4) is 0 Å². The molecule has 0 aromatic carbocycles. The second-order valence-corrected chi connectivity index (χ2v) is 7.13. The van der Waals surface area contributed by atoms with Crippen LogP contribution in [0.1, 0.15) is 22.4 Å². The van der Waals surface area contributed by atoms with E-state index in [9.17, 15) is 0 Å². The number of alkyl halides is 1. The topological polar surface area (TPSA) is 12.9 Å². The number of thioether (sulfide) groups is 2. The Morgan fingerprint density at radius 1 is 1.47 bits per heavy atom. The molecule has 0 spiro atoms. The van der Waals surface area contributed by atoms with Crippen LogP contribution in [0.25, 0.3) is 0 Å². The van der Waals surface area contributed by atoms with E-state index in [1.54, 1.807) is 0 Å². The summed E-state index contributed by atoms with van der Waals surface area (Å²) < 4.78 is 0. The lowest BCUT2D eigenvalue weighted by Crippen LogP contribution is -2.06. The van der Waals surface area contributed by atoms with E-state index in [1.807, 2.05) is 23.1 Å². The first-order valence-electron chi connectivity index (χ1n) is 5.10. The van der Waals surface area contributed by atoms with Crippen LogP contribution in [-0.2, 0) is 6.42 Å². The summed E-state index contributed by atoms with van der Waals surface area (Å²) in [6.45, 7) is 0. The molecule has 0 aliphatic carbocycles. The molecule has 1 aromatic heterocycles. The molecular weight excluding hydrogens is 266 g/mol. The molecule has 2 heterocycles. The number of nitrogens with zero attached hydrogens (tertiary/aromatic N) is 1. The molecule has 1 aliphatic rings.